The van der Waals surface area contributed by atoms with Gasteiger partial charge in [0.15, 0.2) is 0 Å². The molecule has 0 aliphatic carbocycles. The van der Waals surface area contributed by atoms with Crippen LogP contribution in [0.25, 0.3) is 0 Å². The molecule has 1 rings (SSSR count). The first kappa shape index (κ1) is 14.9. The molecule has 17 heavy (non-hydrogen) atoms. The third-order valence-corrected chi connectivity index (χ3v) is 3.22. The molecule has 102 valence electrons. The van der Waals surface area contributed by atoms with Gasteiger partial charge >= 0.3 is 0 Å². The molecular weight excluding hydrogens is 218 g/mol. The number of morpholine rings is 1. The highest BCUT2D eigenvalue weighted by Gasteiger charge is 2.26. The summed E-state index contributed by atoms with van der Waals surface area (Å²) in [5.41, 5.74) is 0. The van der Waals surface area contributed by atoms with Gasteiger partial charge in [0.2, 0.25) is 0 Å². The second kappa shape index (κ2) is 8.03. The van der Waals surface area contributed by atoms with Crippen LogP contribution in [-0.2, 0) is 14.2 Å². The summed E-state index contributed by atoms with van der Waals surface area (Å²) in [4.78, 5) is 2.47. The highest BCUT2D eigenvalue weighted by molar-refractivity contribution is 4.77. The molecule has 0 aromatic rings. The fraction of sp³-hybridized carbons (Fsp3) is 1.00. The van der Waals surface area contributed by atoms with E-state index in [0.29, 0.717) is 12.2 Å². The van der Waals surface area contributed by atoms with Crippen molar-refractivity contribution in [3.8, 4) is 0 Å². The van der Waals surface area contributed by atoms with Crippen LogP contribution in [0.3, 0.4) is 0 Å². The van der Waals surface area contributed by atoms with Crippen LogP contribution >= 0.6 is 0 Å². The average Bonchev–Trinajstić information content (AvgIpc) is 2.28. The van der Waals surface area contributed by atoms with E-state index in [0.717, 1.165) is 39.1 Å². The summed E-state index contributed by atoms with van der Waals surface area (Å²) in [5.74, 6) is 0. The molecule has 0 aromatic carbocycles. The van der Waals surface area contributed by atoms with Crippen molar-refractivity contribution in [3.63, 3.8) is 0 Å². The van der Waals surface area contributed by atoms with Gasteiger partial charge in [0, 0.05) is 46.9 Å². The molecule has 0 radical (unpaired) electrons. The molecule has 2 unspecified atom stereocenters. The number of hydrogen-bond acceptors (Lipinski definition) is 4. The van der Waals surface area contributed by atoms with Crippen molar-refractivity contribution in [2.45, 2.75) is 45.0 Å². The Morgan fingerprint density at radius 3 is 2.76 bits per heavy atom. The van der Waals surface area contributed by atoms with Crippen LogP contribution in [0.1, 0.15) is 26.7 Å². The lowest BCUT2D eigenvalue weighted by Gasteiger charge is -2.37. The summed E-state index contributed by atoms with van der Waals surface area (Å²) < 4.78 is 16.3. The van der Waals surface area contributed by atoms with Crippen LogP contribution in [0.15, 0.2) is 0 Å². The summed E-state index contributed by atoms with van der Waals surface area (Å²) in [6, 6.07) is 0. The molecule has 0 spiro atoms. The van der Waals surface area contributed by atoms with Crippen LogP contribution in [0.2, 0.25) is 0 Å². The molecule has 0 amide bonds. The van der Waals surface area contributed by atoms with Gasteiger partial charge in [-0.2, -0.15) is 0 Å². The Morgan fingerprint density at radius 2 is 2.12 bits per heavy atom. The SMILES string of the molecule is COCCCN1CC(CC(C)OC)O[C@@H](C)C1. The molecule has 1 saturated heterocycles. The number of methoxy groups -OCH3 is 2. The van der Waals surface area contributed by atoms with E-state index in [9.17, 15) is 0 Å². The summed E-state index contributed by atoms with van der Waals surface area (Å²) in [7, 11) is 3.51. The molecule has 1 aliphatic heterocycles. The minimum absolute atomic E-state index is 0.270. The Hall–Kier alpha value is -0.160. The maximum Gasteiger partial charge on any atom is 0.0730 e. The van der Waals surface area contributed by atoms with E-state index < -0.39 is 0 Å². The molecule has 1 fully saturated rings. The Morgan fingerprint density at radius 1 is 1.35 bits per heavy atom. The summed E-state index contributed by atoms with van der Waals surface area (Å²) in [6.07, 6.45) is 2.96. The third-order valence-electron chi connectivity index (χ3n) is 3.22. The molecule has 0 saturated carbocycles. The number of ether oxygens (including phenoxy) is 3. The second-order valence-electron chi connectivity index (χ2n) is 4.96. The van der Waals surface area contributed by atoms with Crippen molar-refractivity contribution >= 4 is 0 Å². The molecule has 0 aromatic heterocycles. The third kappa shape index (κ3) is 5.82. The predicted octanol–water partition coefficient (Wildman–Crippen LogP) is 1.54. The molecule has 0 N–H and O–H groups in total. The monoisotopic (exact) mass is 245 g/mol. The largest absolute Gasteiger partial charge is 0.385 e. The standard InChI is InChI=1S/C13H27NO3/c1-11(16-4)8-13-10-14(6-5-7-15-3)9-12(2)17-13/h11-13H,5-10H2,1-4H3/t11?,12-,13?/m0/s1. The minimum Gasteiger partial charge on any atom is -0.385 e. The first-order valence-corrected chi connectivity index (χ1v) is 6.55. The van der Waals surface area contributed by atoms with Gasteiger partial charge in [-0.3, -0.25) is 4.90 Å². The van der Waals surface area contributed by atoms with Crippen LogP contribution in [-0.4, -0.2) is 63.7 Å². The molecule has 3 atom stereocenters. The predicted molar refractivity (Wildman–Crippen MR) is 68.4 cm³/mol. The minimum atomic E-state index is 0.270. The van der Waals surface area contributed by atoms with E-state index in [1.54, 1.807) is 14.2 Å². The molecular formula is C13H27NO3. The van der Waals surface area contributed by atoms with Crippen molar-refractivity contribution in [3.05, 3.63) is 0 Å². The number of nitrogens with zero attached hydrogens (tertiary/aromatic N) is 1. The molecule has 0 bridgehead atoms. The lowest BCUT2D eigenvalue weighted by molar-refractivity contribution is -0.0942. The quantitative estimate of drug-likeness (QED) is 0.637. The number of hydrogen-bond donors (Lipinski definition) is 0. The highest BCUT2D eigenvalue weighted by Crippen LogP contribution is 2.16. The smallest absolute Gasteiger partial charge is 0.0730 e. The zero-order chi connectivity index (χ0) is 12.7. The Bertz CT molecular complexity index is 201. The van der Waals surface area contributed by atoms with Crippen molar-refractivity contribution in [2.24, 2.45) is 0 Å². The van der Waals surface area contributed by atoms with Crippen molar-refractivity contribution in [1.29, 1.82) is 0 Å². The van der Waals surface area contributed by atoms with E-state index in [1.807, 2.05) is 0 Å². The van der Waals surface area contributed by atoms with Crippen LogP contribution in [0, 0.1) is 0 Å². The maximum absolute atomic E-state index is 5.94. The van der Waals surface area contributed by atoms with Crippen LogP contribution in [0.5, 0.6) is 0 Å². The van der Waals surface area contributed by atoms with Gasteiger partial charge in [-0.1, -0.05) is 0 Å². The second-order valence-corrected chi connectivity index (χ2v) is 4.96. The molecule has 4 nitrogen and oxygen atoms in total. The summed E-state index contributed by atoms with van der Waals surface area (Å²) in [6.45, 7) is 8.22. The van der Waals surface area contributed by atoms with E-state index in [-0.39, 0.29) is 6.10 Å². The first-order chi connectivity index (χ1) is 8.15. The van der Waals surface area contributed by atoms with Gasteiger partial charge < -0.3 is 14.2 Å². The normalized spacial score (nSPS) is 28.2. The van der Waals surface area contributed by atoms with Crippen LogP contribution < -0.4 is 0 Å². The topological polar surface area (TPSA) is 30.9 Å². The lowest BCUT2D eigenvalue weighted by Crippen LogP contribution is -2.47. The zero-order valence-electron chi connectivity index (χ0n) is 11.6. The van der Waals surface area contributed by atoms with Gasteiger partial charge in [-0.25, -0.2) is 0 Å². The van der Waals surface area contributed by atoms with Gasteiger partial charge in [-0.05, 0) is 20.3 Å². The van der Waals surface area contributed by atoms with E-state index >= 15 is 0 Å². The Kier molecular flexibility index (Phi) is 7.04. The zero-order valence-corrected chi connectivity index (χ0v) is 11.6. The summed E-state index contributed by atoms with van der Waals surface area (Å²) >= 11 is 0. The van der Waals surface area contributed by atoms with E-state index in [1.165, 1.54) is 0 Å². The Labute approximate surface area is 105 Å². The van der Waals surface area contributed by atoms with E-state index in [2.05, 4.69) is 18.7 Å². The van der Waals surface area contributed by atoms with Crippen molar-refractivity contribution < 1.29 is 14.2 Å². The first-order valence-electron chi connectivity index (χ1n) is 6.55. The van der Waals surface area contributed by atoms with E-state index in [4.69, 9.17) is 14.2 Å². The highest BCUT2D eigenvalue weighted by atomic mass is 16.5. The van der Waals surface area contributed by atoms with Gasteiger partial charge in [0.05, 0.1) is 18.3 Å². The lowest BCUT2D eigenvalue weighted by atomic mass is 10.1. The van der Waals surface area contributed by atoms with Gasteiger partial charge in [0.1, 0.15) is 0 Å². The summed E-state index contributed by atoms with van der Waals surface area (Å²) in [5, 5.41) is 0. The molecule has 4 heteroatoms. The van der Waals surface area contributed by atoms with Crippen molar-refractivity contribution in [2.75, 3.05) is 40.5 Å². The molecule has 1 aliphatic rings. The fourth-order valence-corrected chi connectivity index (χ4v) is 2.35. The molecule has 1 heterocycles. The fourth-order valence-electron chi connectivity index (χ4n) is 2.35. The maximum atomic E-state index is 5.94. The van der Waals surface area contributed by atoms with Gasteiger partial charge in [0.25, 0.3) is 0 Å². The Balaban J connectivity index is 2.31. The van der Waals surface area contributed by atoms with Crippen molar-refractivity contribution in [1.82, 2.24) is 4.90 Å². The van der Waals surface area contributed by atoms with Gasteiger partial charge in [-0.15, -0.1) is 0 Å². The van der Waals surface area contributed by atoms with Crippen LogP contribution in [0.4, 0.5) is 0 Å². The number of rotatable bonds is 7. The average molecular weight is 245 g/mol.